The number of carbonyl (C=O) groups excluding carboxylic acids is 2. The van der Waals surface area contributed by atoms with Gasteiger partial charge in [-0.2, -0.15) is 10.2 Å². The number of fused-ring (bicyclic) bond motifs is 1. The monoisotopic (exact) mass is 345 g/mol. The van der Waals surface area contributed by atoms with Crippen LogP contribution in [0.5, 0.6) is 0 Å². The lowest BCUT2D eigenvalue weighted by Gasteiger charge is -2.26. The Hall–Kier alpha value is -2.64. The van der Waals surface area contributed by atoms with Crippen molar-refractivity contribution in [1.82, 2.24) is 20.0 Å². The highest BCUT2D eigenvalue weighted by molar-refractivity contribution is 5.94. The molecule has 1 atom stereocenters. The predicted octanol–water partition coefficient (Wildman–Crippen LogP) is 1.94. The van der Waals surface area contributed by atoms with Crippen molar-refractivity contribution in [3.63, 3.8) is 0 Å². The average Bonchev–Trinajstić information content (AvgIpc) is 3.17. The first-order valence-electron chi connectivity index (χ1n) is 8.27. The molecule has 0 saturated heterocycles. The van der Waals surface area contributed by atoms with Gasteiger partial charge in [0.15, 0.2) is 5.82 Å². The van der Waals surface area contributed by atoms with Crippen molar-refractivity contribution < 1.29 is 14.3 Å². The van der Waals surface area contributed by atoms with Crippen molar-refractivity contribution in [3.8, 4) is 0 Å². The van der Waals surface area contributed by atoms with Crippen molar-refractivity contribution in [3.05, 3.63) is 29.2 Å². The van der Waals surface area contributed by atoms with Crippen molar-refractivity contribution >= 4 is 17.7 Å². The first-order valence-corrected chi connectivity index (χ1v) is 8.27. The minimum Gasteiger partial charge on any atom is -0.469 e. The van der Waals surface area contributed by atoms with E-state index < -0.39 is 0 Å². The summed E-state index contributed by atoms with van der Waals surface area (Å²) in [5.41, 5.74) is 2.84. The van der Waals surface area contributed by atoms with Gasteiger partial charge in [-0.25, -0.2) is 0 Å². The van der Waals surface area contributed by atoms with Gasteiger partial charge in [-0.15, -0.1) is 0 Å². The molecule has 2 aromatic heterocycles. The number of H-pyrrole nitrogens is 1. The number of carbonyl (C=O) groups is 2. The SMILES string of the molecule is COC(=O)CCn1cc([C@@H]2CC(=O)Nc3n[nH]c(C(C)(C)C)c32)cn1. The van der Waals surface area contributed by atoms with Gasteiger partial charge in [-0.05, 0) is 5.56 Å². The Kier molecular flexibility index (Phi) is 4.36. The van der Waals surface area contributed by atoms with E-state index in [1.54, 1.807) is 10.9 Å². The number of aromatic amines is 1. The minimum atomic E-state index is -0.277. The van der Waals surface area contributed by atoms with Crippen molar-refractivity contribution in [1.29, 1.82) is 0 Å². The van der Waals surface area contributed by atoms with E-state index in [-0.39, 0.29) is 29.6 Å². The van der Waals surface area contributed by atoms with Gasteiger partial charge in [0.25, 0.3) is 0 Å². The molecular formula is C17H23N5O3. The van der Waals surface area contributed by atoms with Gasteiger partial charge >= 0.3 is 5.97 Å². The molecule has 134 valence electrons. The van der Waals surface area contributed by atoms with Crippen molar-refractivity contribution in [2.75, 3.05) is 12.4 Å². The van der Waals surface area contributed by atoms with Crippen LogP contribution in [-0.4, -0.2) is 39.0 Å². The summed E-state index contributed by atoms with van der Waals surface area (Å²) in [6.45, 7) is 6.76. The van der Waals surface area contributed by atoms with E-state index in [0.717, 1.165) is 16.8 Å². The quantitative estimate of drug-likeness (QED) is 0.825. The fourth-order valence-electron chi connectivity index (χ4n) is 3.10. The van der Waals surface area contributed by atoms with Crippen LogP contribution < -0.4 is 5.32 Å². The Balaban J connectivity index is 1.91. The van der Waals surface area contributed by atoms with Crippen LogP contribution in [0, 0.1) is 0 Å². The Bertz CT molecular complexity index is 800. The number of aryl methyl sites for hydroxylation is 1. The highest BCUT2D eigenvalue weighted by Gasteiger charge is 2.35. The molecule has 2 aromatic rings. The topological polar surface area (TPSA) is 102 Å². The fourth-order valence-corrected chi connectivity index (χ4v) is 3.10. The molecule has 1 aliphatic heterocycles. The van der Waals surface area contributed by atoms with E-state index in [2.05, 4.69) is 46.1 Å². The molecule has 0 bridgehead atoms. The van der Waals surface area contributed by atoms with E-state index in [4.69, 9.17) is 0 Å². The van der Waals surface area contributed by atoms with Crippen molar-refractivity contribution in [2.45, 2.75) is 51.5 Å². The summed E-state index contributed by atoms with van der Waals surface area (Å²) in [7, 11) is 1.37. The lowest BCUT2D eigenvalue weighted by atomic mass is 9.80. The molecule has 25 heavy (non-hydrogen) atoms. The summed E-state index contributed by atoms with van der Waals surface area (Å²) in [4.78, 5) is 23.4. The molecule has 0 aliphatic carbocycles. The van der Waals surface area contributed by atoms with Crippen LogP contribution in [0.2, 0.25) is 0 Å². The zero-order valence-corrected chi connectivity index (χ0v) is 14.9. The smallest absolute Gasteiger partial charge is 0.307 e. The molecule has 3 rings (SSSR count). The number of nitrogens with one attached hydrogen (secondary N) is 2. The van der Waals surface area contributed by atoms with Gasteiger partial charge in [0.05, 0.1) is 26.3 Å². The van der Waals surface area contributed by atoms with Gasteiger partial charge in [0, 0.05) is 35.2 Å². The summed E-state index contributed by atoms with van der Waals surface area (Å²) in [5, 5.41) is 14.5. The number of rotatable bonds is 4. The van der Waals surface area contributed by atoms with Crippen LogP contribution in [0.1, 0.15) is 56.4 Å². The molecule has 1 amide bonds. The second-order valence-electron chi connectivity index (χ2n) is 7.28. The van der Waals surface area contributed by atoms with E-state index in [9.17, 15) is 9.59 Å². The normalized spacial score (nSPS) is 17.1. The summed E-state index contributed by atoms with van der Waals surface area (Å²) in [6, 6.07) is 0. The Morgan fingerprint density at radius 3 is 2.88 bits per heavy atom. The molecule has 0 fully saturated rings. The molecule has 8 nitrogen and oxygen atoms in total. The number of anilines is 1. The Labute approximate surface area is 145 Å². The average molecular weight is 345 g/mol. The van der Waals surface area contributed by atoms with Gasteiger partial charge in [-0.3, -0.25) is 19.4 Å². The molecule has 8 heteroatoms. The first kappa shape index (κ1) is 17.2. The minimum absolute atomic E-state index is 0.0632. The Morgan fingerprint density at radius 2 is 2.20 bits per heavy atom. The lowest BCUT2D eigenvalue weighted by Crippen LogP contribution is -2.25. The lowest BCUT2D eigenvalue weighted by molar-refractivity contribution is -0.140. The third-order valence-corrected chi connectivity index (χ3v) is 4.38. The number of hydrogen-bond acceptors (Lipinski definition) is 5. The largest absolute Gasteiger partial charge is 0.469 e. The first-order chi connectivity index (χ1) is 11.8. The van der Waals surface area contributed by atoms with E-state index >= 15 is 0 Å². The summed E-state index contributed by atoms with van der Waals surface area (Å²) >= 11 is 0. The van der Waals surface area contributed by atoms with Crippen LogP contribution in [0.15, 0.2) is 12.4 Å². The summed E-state index contributed by atoms with van der Waals surface area (Å²) in [5.74, 6) is 0.144. The number of amides is 1. The van der Waals surface area contributed by atoms with E-state index in [0.29, 0.717) is 18.8 Å². The van der Waals surface area contributed by atoms with Crippen LogP contribution >= 0.6 is 0 Å². The summed E-state index contributed by atoms with van der Waals surface area (Å²) in [6.07, 6.45) is 4.24. The maximum absolute atomic E-state index is 12.1. The third kappa shape index (κ3) is 3.42. The number of ether oxygens (including phenoxy) is 1. The molecule has 3 heterocycles. The van der Waals surface area contributed by atoms with Crippen LogP contribution in [-0.2, 0) is 26.3 Å². The molecule has 1 aliphatic rings. The number of methoxy groups -OCH3 is 1. The maximum atomic E-state index is 12.1. The molecule has 2 N–H and O–H groups in total. The molecule has 0 aromatic carbocycles. The summed E-state index contributed by atoms with van der Waals surface area (Å²) < 4.78 is 6.36. The zero-order valence-electron chi connectivity index (χ0n) is 14.9. The van der Waals surface area contributed by atoms with Gasteiger partial charge in [0.1, 0.15) is 0 Å². The molecule has 0 spiro atoms. The van der Waals surface area contributed by atoms with Gasteiger partial charge < -0.3 is 10.1 Å². The van der Waals surface area contributed by atoms with E-state index in [1.807, 2.05) is 6.20 Å². The highest BCUT2D eigenvalue weighted by atomic mass is 16.5. The molecular weight excluding hydrogens is 322 g/mol. The fraction of sp³-hybridized carbons (Fsp3) is 0.529. The third-order valence-electron chi connectivity index (χ3n) is 4.38. The Morgan fingerprint density at radius 1 is 1.44 bits per heavy atom. The number of nitrogens with zero attached hydrogens (tertiary/aromatic N) is 3. The van der Waals surface area contributed by atoms with Gasteiger partial charge in [0.2, 0.25) is 5.91 Å². The predicted molar refractivity (Wildman–Crippen MR) is 91.2 cm³/mol. The molecule has 0 saturated carbocycles. The molecule has 0 radical (unpaired) electrons. The van der Waals surface area contributed by atoms with Crippen molar-refractivity contribution in [2.24, 2.45) is 0 Å². The second-order valence-corrected chi connectivity index (χ2v) is 7.28. The van der Waals surface area contributed by atoms with Crippen LogP contribution in [0.25, 0.3) is 0 Å². The van der Waals surface area contributed by atoms with Gasteiger partial charge in [-0.1, -0.05) is 20.8 Å². The highest BCUT2D eigenvalue weighted by Crippen LogP contribution is 2.41. The molecule has 0 unspecified atom stereocenters. The maximum Gasteiger partial charge on any atom is 0.307 e. The number of aromatic nitrogens is 4. The zero-order chi connectivity index (χ0) is 18.2. The second kappa shape index (κ2) is 6.34. The number of hydrogen-bond donors (Lipinski definition) is 2. The van der Waals surface area contributed by atoms with E-state index in [1.165, 1.54) is 7.11 Å². The van der Waals surface area contributed by atoms with Crippen LogP contribution in [0.3, 0.4) is 0 Å². The van der Waals surface area contributed by atoms with Crippen LogP contribution in [0.4, 0.5) is 5.82 Å². The number of esters is 1. The standard InChI is InChI=1S/C17H23N5O3/c1-17(2,3)15-14-11(7-12(23)19-16(14)21-20-15)10-8-18-22(9-10)6-5-13(24)25-4/h8-9,11H,5-7H2,1-4H3,(H2,19,20,21,23)/t11-/m0/s1.